The van der Waals surface area contributed by atoms with E-state index in [4.69, 9.17) is 0 Å². The zero-order valence-electron chi connectivity index (χ0n) is 26.3. The van der Waals surface area contributed by atoms with E-state index >= 15 is 4.39 Å². The lowest BCUT2D eigenvalue weighted by molar-refractivity contribution is -0.387. The third-order valence-corrected chi connectivity index (χ3v) is 10.3. The van der Waals surface area contributed by atoms with Gasteiger partial charge in [0.1, 0.15) is 11.7 Å². The van der Waals surface area contributed by atoms with Crippen LogP contribution in [0.25, 0.3) is 11.1 Å². The number of carbonyl (C=O) groups is 4. The number of para-hydroxylation sites is 1. The molecule has 0 bridgehead atoms. The van der Waals surface area contributed by atoms with Crippen molar-refractivity contribution in [1.29, 1.82) is 0 Å². The van der Waals surface area contributed by atoms with Crippen LogP contribution in [-0.4, -0.2) is 95.8 Å². The molecule has 5 rings (SSSR count). The Balaban J connectivity index is 1.33. The highest BCUT2D eigenvalue weighted by Gasteiger charge is 2.52. The summed E-state index contributed by atoms with van der Waals surface area (Å²) in [6.07, 6.45) is -0.872. The predicted molar refractivity (Wildman–Crippen MR) is 169 cm³/mol. The number of fused-ring (bicyclic) bond motifs is 3. The maximum Gasteiger partial charge on any atom is 0.326 e. The summed E-state index contributed by atoms with van der Waals surface area (Å²) in [5.74, 6) is -7.34. The number of likely N-dealkylation sites (tertiary alicyclic amines) is 1. The number of carbonyl (C=O) groups excluding carboxylic acids is 3. The summed E-state index contributed by atoms with van der Waals surface area (Å²) >= 11 is 0. The van der Waals surface area contributed by atoms with Crippen molar-refractivity contribution in [2.45, 2.75) is 35.9 Å². The van der Waals surface area contributed by atoms with Gasteiger partial charge in [0.05, 0.1) is 24.6 Å². The number of aliphatic carboxylic acids is 1. The summed E-state index contributed by atoms with van der Waals surface area (Å²) < 4.78 is 74.2. The minimum absolute atomic E-state index is 0.0740. The molecule has 1 aliphatic heterocycles. The molecule has 0 radical (unpaired) electrons. The van der Waals surface area contributed by atoms with E-state index in [0.29, 0.717) is 9.21 Å². The molecule has 0 unspecified atom stereocenters. The van der Waals surface area contributed by atoms with E-state index in [-0.39, 0.29) is 34.4 Å². The van der Waals surface area contributed by atoms with Crippen LogP contribution in [0.5, 0.6) is 0 Å². The van der Waals surface area contributed by atoms with Crippen LogP contribution in [0.15, 0.2) is 71.6 Å². The number of nitrogens with zero attached hydrogens (tertiary/aromatic N) is 3. The van der Waals surface area contributed by atoms with Crippen molar-refractivity contribution in [3.63, 3.8) is 0 Å². The van der Waals surface area contributed by atoms with Crippen LogP contribution in [0.3, 0.4) is 0 Å². The number of nitrogens with one attached hydrogen (secondary N) is 2. The molecule has 18 heteroatoms. The molecule has 14 nitrogen and oxygen atoms in total. The van der Waals surface area contributed by atoms with Crippen LogP contribution >= 0.6 is 0 Å². The second-order valence-electron chi connectivity index (χ2n) is 11.8. The van der Waals surface area contributed by atoms with Crippen molar-refractivity contribution < 1.29 is 50.8 Å². The molecule has 3 aromatic rings. The number of carboxylic acid groups (broad SMARTS) is 1. The van der Waals surface area contributed by atoms with Gasteiger partial charge in [0, 0.05) is 49.2 Å². The molecule has 50 heavy (non-hydrogen) atoms. The van der Waals surface area contributed by atoms with Crippen LogP contribution in [0, 0.1) is 10.1 Å². The lowest BCUT2D eigenvalue weighted by atomic mass is 10.0. The molecule has 3 amide bonds. The Morgan fingerprint density at radius 1 is 1.00 bits per heavy atom. The Hall–Kier alpha value is -5.36. The molecule has 2 aliphatic rings. The normalized spacial score (nSPS) is 19.1. The topological polar surface area (TPSA) is 196 Å². The average Bonchev–Trinajstić information content (AvgIpc) is 3.54. The second kappa shape index (κ2) is 13.5. The van der Waals surface area contributed by atoms with Crippen LogP contribution in [0.1, 0.15) is 34.8 Å². The number of alkyl halides is 3. The number of rotatable bonds is 12. The highest BCUT2D eigenvalue weighted by molar-refractivity contribution is 7.89. The maximum atomic E-state index is 16.5. The van der Waals surface area contributed by atoms with E-state index in [2.05, 4.69) is 10.6 Å². The van der Waals surface area contributed by atoms with Gasteiger partial charge in [-0.25, -0.2) is 17.6 Å². The molecule has 0 spiro atoms. The van der Waals surface area contributed by atoms with E-state index < -0.39 is 99.5 Å². The molecule has 1 fully saturated rings. The molecular weight excluding hydrogens is 687 g/mol. The van der Waals surface area contributed by atoms with Gasteiger partial charge in [0.15, 0.2) is 4.90 Å². The number of nitro benzene ring substituents is 1. The first-order chi connectivity index (χ1) is 23.5. The van der Waals surface area contributed by atoms with Crippen LogP contribution in [-0.2, 0) is 30.3 Å². The minimum Gasteiger partial charge on any atom is -0.480 e. The number of benzene rings is 3. The quantitative estimate of drug-likeness (QED) is 0.186. The Kier molecular flexibility index (Phi) is 9.71. The zero-order valence-corrected chi connectivity index (χ0v) is 27.1. The minimum atomic E-state index is -4.81. The summed E-state index contributed by atoms with van der Waals surface area (Å²) in [7, 11) is -4.81. The Morgan fingerprint density at radius 3 is 2.34 bits per heavy atom. The van der Waals surface area contributed by atoms with Crippen LogP contribution in [0.4, 0.5) is 18.9 Å². The van der Waals surface area contributed by atoms with E-state index in [1.807, 2.05) is 0 Å². The van der Waals surface area contributed by atoms with Gasteiger partial charge in [-0.1, -0.05) is 42.5 Å². The summed E-state index contributed by atoms with van der Waals surface area (Å²) in [5, 5.41) is 26.1. The number of nitro groups is 1. The van der Waals surface area contributed by atoms with Gasteiger partial charge in [-0.05, 0) is 29.3 Å². The fourth-order valence-electron chi connectivity index (χ4n) is 6.13. The summed E-state index contributed by atoms with van der Waals surface area (Å²) in [4.78, 5) is 60.3. The molecule has 0 aromatic heterocycles. The molecule has 1 aliphatic carbocycles. The molecule has 2 atom stereocenters. The lowest BCUT2D eigenvalue weighted by Crippen LogP contribution is -2.48. The number of hydrogen-bond acceptors (Lipinski definition) is 8. The van der Waals surface area contributed by atoms with E-state index in [9.17, 15) is 51.6 Å². The molecule has 0 saturated carbocycles. The van der Waals surface area contributed by atoms with Gasteiger partial charge < -0.3 is 20.6 Å². The van der Waals surface area contributed by atoms with Crippen molar-refractivity contribution in [1.82, 2.24) is 19.8 Å². The van der Waals surface area contributed by atoms with Gasteiger partial charge in [0.2, 0.25) is 21.8 Å². The summed E-state index contributed by atoms with van der Waals surface area (Å²) in [5.41, 5.74) is -3.74. The summed E-state index contributed by atoms with van der Waals surface area (Å²) in [6, 6.07) is 11.8. The average molecular weight is 718 g/mol. The lowest BCUT2D eigenvalue weighted by Gasteiger charge is -2.29. The van der Waals surface area contributed by atoms with Crippen LogP contribution in [0.2, 0.25) is 0 Å². The van der Waals surface area contributed by atoms with Gasteiger partial charge in [0.25, 0.3) is 17.5 Å². The molecule has 3 N–H and O–H groups in total. The van der Waals surface area contributed by atoms with Gasteiger partial charge in [-0.3, -0.25) is 24.5 Å². The first-order valence-corrected chi connectivity index (χ1v) is 16.5. The highest BCUT2D eigenvalue weighted by Crippen LogP contribution is 2.51. The highest BCUT2D eigenvalue weighted by atomic mass is 32.2. The Labute approximate surface area is 283 Å². The standard InChI is InChI=1S/C32H30F3N5O9S/c1-19(41)36-12-13-38(50(48,49)27-9-5-4-8-25(27)40(46)47)17-31(33)15-26(30(44)45)39(18-31)28(42)16-37-29(43)20-10-11-24-22(14-20)21-6-2-3-7-23(21)32(24,34)35/h2-11,14,26H,12-13,15-18H2,1H3,(H,36,41)(H,37,43)(H,44,45)/t26-,31-/m0/s1. The number of halogens is 3. The Bertz CT molecular complexity index is 2010. The molecule has 264 valence electrons. The SMILES string of the molecule is CC(=O)NCCN(C[C@@]1(F)C[C@@H](C(=O)O)N(C(=O)CNC(=O)c2ccc3c(c2)-c2ccccc2C3(F)F)C1)S(=O)(=O)c1ccccc1[N+](=O)[O-]. The van der Waals surface area contributed by atoms with Crippen molar-refractivity contribution >= 4 is 39.4 Å². The monoisotopic (exact) mass is 717 g/mol. The van der Waals surface area contributed by atoms with E-state index in [1.54, 1.807) is 6.07 Å². The molecule has 3 aromatic carbocycles. The first kappa shape index (κ1) is 35.9. The smallest absolute Gasteiger partial charge is 0.326 e. The van der Waals surface area contributed by atoms with Crippen molar-refractivity contribution in [3.05, 3.63) is 93.5 Å². The van der Waals surface area contributed by atoms with Crippen molar-refractivity contribution in [2.75, 3.05) is 32.7 Å². The van der Waals surface area contributed by atoms with E-state index in [0.717, 1.165) is 31.2 Å². The second-order valence-corrected chi connectivity index (χ2v) is 13.7. The Morgan fingerprint density at radius 2 is 1.66 bits per heavy atom. The predicted octanol–water partition coefficient (Wildman–Crippen LogP) is 2.67. The fourth-order valence-corrected chi connectivity index (χ4v) is 7.80. The van der Waals surface area contributed by atoms with Crippen LogP contribution < -0.4 is 10.6 Å². The zero-order chi connectivity index (χ0) is 36.6. The maximum absolute atomic E-state index is 16.5. The fraction of sp³-hybridized carbons (Fsp3) is 0.312. The number of sulfonamides is 1. The van der Waals surface area contributed by atoms with Crippen molar-refractivity contribution in [2.24, 2.45) is 0 Å². The van der Waals surface area contributed by atoms with Gasteiger partial charge >= 0.3 is 5.97 Å². The van der Waals surface area contributed by atoms with Crippen molar-refractivity contribution in [3.8, 4) is 11.1 Å². The molecule has 1 saturated heterocycles. The number of hydrogen-bond donors (Lipinski definition) is 3. The largest absolute Gasteiger partial charge is 0.480 e. The molecule has 1 heterocycles. The van der Waals surface area contributed by atoms with Gasteiger partial charge in [-0.2, -0.15) is 13.1 Å². The van der Waals surface area contributed by atoms with E-state index in [1.165, 1.54) is 36.4 Å². The summed E-state index contributed by atoms with van der Waals surface area (Å²) in [6.45, 7) is -2.51. The molecular formula is C32H30F3N5O9S. The number of carboxylic acids is 1. The number of amides is 3. The van der Waals surface area contributed by atoms with Gasteiger partial charge in [-0.15, -0.1) is 0 Å². The first-order valence-electron chi connectivity index (χ1n) is 15.1. The third kappa shape index (κ3) is 6.88. The third-order valence-electron chi connectivity index (χ3n) is 8.44.